The van der Waals surface area contributed by atoms with E-state index in [2.05, 4.69) is 42.2 Å². The fraction of sp³-hybridized carbons (Fsp3) is 0. The lowest BCUT2D eigenvalue weighted by atomic mass is 10.1. The number of benzene rings is 2. The number of halogens is 2. The van der Waals surface area contributed by atoms with Crippen molar-refractivity contribution in [3.8, 4) is 5.69 Å². The summed E-state index contributed by atoms with van der Waals surface area (Å²) in [6.07, 6.45) is 1.48. The Labute approximate surface area is 138 Å². The molecule has 0 spiro atoms. The average molecular weight is 407 g/mol. The monoisotopic (exact) mass is 405 g/mol. The van der Waals surface area contributed by atoms with Crippen molar-refractivity contribution in [1.29, 1.82) is 0 Å². The maximum absolute atomic E-state index is 12.7. The molecule has 0 saturated carbocycles. The number of hydrogen-bond donors (Lipinski definition) is 0. The normalized spacial score (nSPS) is 10.6. The second-order valence-electron chi connectivity index (χ2n) is 4.35. The molecule has 3 rings (SSSR count). The van der Waals surface area contributed by atoms with E-state index in [4.69, 9.17) is 0 Å². The van der Waals surface area contributed by atoms with Crippen molar-refractivity contribution >= 4 is 37.6 Å². The predicted octanol–water partition coefficient (Wildman–Crippen LogP) is 4.02. The molecule has 0 unspecified atom stereocenters. The molecule has 4 nitrogen and oxygen atoms in total. The third-order valence-electron chi connectivity index (χ3n) is 2.91. The van der Waals surface area contributed by atoms with Crippen LogP contribution in [0.25, 0.3) is 5.69 Å². The molecule has 0 atom stereocenters. The zero-order valence-electron chi connectivity index (χ0n) is 10.7. The number of carbonyl (C=O) groups is 1. The van der Waals surface area contributed by atoms with Gasteiger partial charge in [-0.1, -0.05) is 55.3 Å². The van der Waals surface area contributed by atoms with Crippen molar-refractivity contribution in [3.05, 3.63) is 74.9 Å². The fourth-order valence-corrected chi connectivity index (χ4v) is 3.28. The molecule has 0 radical (unpaired) electrons. The van der Waals surface area contributed by atoms with Crippen LogP contribution in [0.15, 0.2) is 63.7 Å². The van der Waals surface area contributed by atoms with Crippen molar-refractivity contribution < 1.29 is 4.79 Å². The van der Waals surface area contributed by atoms with Gasteiger partial charge in [-0.3, -0.25) is 4.79 Å². The Balaban J connectivity index is 2.06. The van der Waals surface area contributed by atoms with Gasteiger partial charge in [0.2, 0.25) is 5.78 Å². The Hall–Kier alpha value is -1.79. The van der Waals surface area contributed by atoms with Crippen molar-refractivity contribution in [2.75, 3.05) is 0 Å². The lowest BCUT2D eigenvalue weighted by molar-refractivity contribution is 0.103. The van der Waals surface area contributed by atoms with E-state index in [0.29, 0.717) is 11.3 Å². The van der Waals surface area contributed by atoms with Crippen LogP contribution >= 0.6 is 31.9 Å². The number of aromatic nitrogens is 3. The Kier molecular flexibility index (Phi) is 3.98. The molecule has 0 fully saturated rings. The molecular formula is C15H9Br2N3O. The first kappa shape index (κ1) is 14.2. The van der Waals surface area contributed by atoms with Crippen LogP contribution in [0.2, 0.25) is 0 Å². The molecule has 3 aromatic rings. The molecule has 0 saturated heterocycles. The Bertz CT molecular complexity index is 779. The summed E-state index contributed by atoms with van der Waals surface area (Å²) in [4.78, 5) is 12.7. The number of carbonyl (C=O) groups excluding carboxylic acids is 1. The van der Waals surface area contributed by atoms with Gasteiger partial charge in [0, 0.05) is 14.5 Å². The lowest BCUT2D eigenvalue weighted by Gasteiger charge is -2.06. The van der Waals surface area contributed by atoms with E-state index in [0.717, 1.165) is 14.6 Å². The van der Waals surface area contributed by atoms with Crippen LogP contribution in [0, 0.1) is 0 Å². The number of ketones is 1. The third-order valence-corrected chi connectivity index (χ3v) is 3.82. The minimum atomic E-state index is -0.133. The van der Waals surface area contributed by atoms with E-state index in [9.17, 15) is 4.79 Å². The fourth-order valence-electron chi connectivity index (χ4n) is 1.98. The van der Waals surface area contributed by atoms with E-state index in [1.54, 1.807) is 12.1 Å². The van der Waals surface area contributed by atoms with Gasteiger partial charge in [-0.15, -0.1) is 5.10 Å². The van der Waals surface area contributed by atoms with Gasteiger partial charge in [0.25, 0.3) is 0 Å². The summed E-state index contributed by atoms with van der Waals surface area (Å²) < 4.78 is 3.20. The Morgan fingerprint density at radius 2 is 1.67 bits per heavy atom. The van der Waals surface area contributed by atoms with Crippen LogP contribution in [0.1, 0.15) is 16.1 Å². The molecule has 21 heavy (non-hydrogen) atoms. The standard InChI is InChI=1S/C15H9Br2N3O/c16-11-6-10(7-12(17)8-11)15(21)14-9-18-19-20(14)13-4-2-1-3-5-13/h1-9H. The van der Waals surface area contributed by atoms with E-state index in [1.807, 2.05) is 36.4 Å². The first-order valence-electron chi connectivity index (χ1n) is 6.12. The molecule has 0 amide bonds. The van der Waals surface area contributed by atoms with Crippen molar-refractivity contribution in [2.24, 2.45) is 0 Å². The minimum Gasteiger partial charge on any atom is -0.287 e. The van der Waals surface area contributed by atoms with E-state index in [1.165, 1.54) is 10.9 Å². The van der Waals surface area contributed by atoms with Gasteiger partial charge in [-0.2, -0.15) is 0 Å². The molecule has 1 aromatic heterocycles. The van der Waals surface area contributed by atoms with Crippen LogP contribution in [0.5, 0.6) is 0 Å². The van der Waals surface area contributed by atoms with Crippen LogP contribution in [0.3, 0.4) is 0 Å². The van der Waals surface area contributed by atoms with Gasteiger partial charge in [0.1, 0.15) is 5.69 Å². The maximum atomic E-state index is 12.7. The first-order valence-corrected chi connectivity index (χ1v) is 7.70. The molecule has 0 bridgehead atoms. The van der Waals surface area contributed by atoms with E-state index < -0.39 is 0 Å². The summed E-state index contributed by atoms with van der Waals surface area (Å²) in [5.41, 5.74) is 1.79. The summed E-state index contributed by atoms with van der Waals surface area (Å²) >= 11 is 6.78. The lowest BCUT2D eigenvalue weighted by Crippen LogP contribution is -2.10. The highest BCUT2D eigenvalue weighted by Gasteiger charge is 2.17. The summed E-state index contributed by atoms with van der Waals surface area (Å²) in [7, 11) is 0. The topological polar surface area (TPSA) is 47.8 Å². The molecule has 0 aliphatic rings. The van der Waals surface area contributed by atoms with Gasteiger partial charge in [0.15, 0.2) is 0 Å². The summed E-state index contributed by atoms with van der Waals surface area (Å²) in [6.45, 7) is 0. The Morgan fingerprint density at radius 3 is 2.33 bits per heavy atom. The first-order chi connectivity index (χ1) is 10.1. The van der Waals surface area contributed by atoms with Gasteiger partial charge in [0.05, 0.1) is 11.9 Å². The number of para-hydroxylation sites is 1. The maximum Gasteiger partial charge on any atom is 0.213 e. The zero-order chi connectivity index (χ0) is 14.8. The molecule has 104 valence electrons. The van der Waals surface area contributed by atoms with Gasteiger partial charge < -0.3 is 0 Å². The molecule has 2 aromatic carbocycles. The quantitative estimate of drug-likeness (QED) is 0.617. The smallest absolute Gasteiger partial charge is 0.213 e. The molecule has 0 aliphatic heterocycles. The van der Waals surface area contributed by atoms with Gasteiger partial charge >= 0.3 is 0 Å². The van der Waals surface area contributed by atoms with Crippen LogP contribution < -0.4 is 0 Å². The van der Waals surface area contributed by atoms with Crippen molar-refractivity contribution in [2.45, 2.75) is 0 Å². The molecule has 0 aliphatic carbocycles. The van der Waals surface area contributed by atoms with Crippen LogP contribution in [0.4, 0.5) is 0 Å². The number of rotatable bonds is 3. The molecule has 0 N–H and O–H groups in total. The average Bonchev–Trinajstić information content (AvgIpc) is 2.95. The SMILES string of the molecule is O=C(c1cc(Br)cc(Br)c1)c1cnnn1-c1ccccc1. The summed E-state index contributed by atoms with van der Waals surface area (Å²) in [5.74, 6) is -0.133. The van der Waals surface area contributed by atoms with E-state index >= 15 is 0 Å². The molecule has 1 heterocycles. The zero-order valence-corrected chi connectivity index (χ0v) is 13.9. The molecular weight excluding hydrogens is 398 g/mol. The minimum absolute atomic E-state index is 0.133. The van der Waals surface area contributed by atoms with Crippen LogP contribution in [-0.4, -0.2) is 20.8 Å². The van der Waals surface area contributed by atoms with Crippen molar-refractivity contribution in [3.63, 3.8) is 0 Å². The number of nitrogens with zero attached hydrogens (tertiary/aromatic N) is 3. The Morgan fingerprint density at radius 1 is 1.00 bits per heavy atom. The second-order valence-corrected chi connectivity index (χ2v) is 6.19. The predicted molar refractivity (Wildman–Crippen MR) is 86.6 cm³/mol. The van der Waals surface area contributed by atoms with Crippen molar-refractivity contribution in [1.82, 2.24) is 15.0 Å². The molecule has 6 heteroatoms. The largest absolute Gasteiger partial charge is 0.287 e. The number of hydrogen-bond acceptors (Lipinski definition) is 3. The highest BCUT2D eigenvalue weighted by molar-refractivity contribution is 9.11. The van der Waals surface area contributed by atoms with Crippen LogP contribution in [-0.2, 0) is 0 Å². The van der Waals surface area contributed by atoms with E-state index in [-0.39, 0.29) is 5.78 Å². The highest BCUT2D eigenvalue weighted by Crippen LogP contribution is 2.22. The third kappa shape index (κ3) is 2.96. The summed E-state index contributed by atoms with van der Waals surface area (Å²) in [5, 5.41) is 7.86. The van der Waals surface area contributed by atoms with Gasteiger partial charge in [-0.25, -0.2) is 4.68 Å². The second kappa shape index (κ2) is 5.91. The summed E-state index contributed by atoms with van der Waals surface area (Å²) in [6, 6.07) is 14.9. The highest BCUT2D eigenvalue weighted by atomic mass is 79.9. The van der Waals surface area contributed by atoms with Gasteiger partial charge in [-0.05, 0) is 30.3 Å².